The molecule has 2 amide bonds. The minimum absolute atomic E-state index is 0.0263. The number of fused-ring (bicyclic) bond motifs is 1. The van der Waals surface area contributed by atoms with Gasteiger partial charge in [-0.05, 0) is 63.3 Å². The molecule has 258 valence electrons. The van der Waals surface area contributed by atoms with Gasteiger partial charge < -0.3 is 25.8 Å². The molecule has 1 fully saturated rings. The van der Waals surface area contributed by atoms with Crippen LogP contribution in [0.1, 0.15) is 61.0 Å². The Morgan fingerprint density at radius 1 is 1.04 bits per heavy atom. The number of amides is 2. The smallest absolute Gasteiger partial charge is 0.418 e. The highest BCUT2D eigenvalue weighted by atomic mass is 19.4. The van der Waals surface area contributed by atoms with Crippen molar-refractivity contribution in [3.05, 3.63) is 41.0 Å². The number of imidazole rings is 1. The molecular formula is C29H32F8N6O4. The van der Waals surface area contributed by atoms with E-state index in [4.69, 9.17) is 4.74 Å². The van der Waals surface area contributed by atoms with Gasteiger partial charge in [-0.25, -0.2) is 13.8 Å². The molecule has 2 aromatic heterocycles. The lowest BCUT2D eigenvalue weighted by Crippen LogP contribution is -2.41. The average Bonchev–Trinajstić information content (AvgIpc) is 3.26. The number of halogens is 8. The first-order chi connectivity index (χ1) is 21.7. The molecule has 0 aliphatic heterocycles. The van der Waals surface area contributed by atoms with Crippen LogP contribution in [0.25, 0.3) is 11.2 Å². The van der Waals surface area contributed by atoms with E-state index in [1.807, 2.05) is 0 Å². The Bertz CT molecular complexity index is 1610. The summed E-state index contributed by atoms with van der Waals surface area (Å²) in [6, 6.07) is 3.54. The third-order valence-electron chi connectivity index (χ3n) is 7.57. The van der Waals surface area contributed by atoms with E-state index in [2.05, 4.69) is 25.9 Å². The van der Waals surface area contributed by atoms with Gasteiger partial charge in [-0.2, -0.15) is 31.3 Å². The monoisotopic (exact) mass is 680 g/mol. The van der Waals surface area contributed by atoms with E-state index >= 15 is 0 Å². The highest BCUT2D eigenvalue weighted by molar-refractivity contribution is 5.99. The number of rotatable bonds is 10. The molecular weight excluding hydrogens is 648 g/mol. The predicted octanol–water partition coefficient (Wildman–Crippen LogP) is 5.61. The first-order valence-corrected chi connectivity index (χ1v) is 14.4. The second-order valence-corrected chi connectivity index (χ2v) is 11.7. The van der Waals surface area contributed by atoms with Gasteiger partial charge in [0.1, 0.15) is 16.7 Å². The summed E-state index contributed by atoms with van der Waals surface area (Å²) >= 11 is 0. The number of carbonyl (C=O) groups excluding carboxylic acids is 2. The Morgan fingerprint density at radius 2 is 1.70 bits per heavy atom. The quantitative estimate of drug-likeness (QED) is 0.205. The van der Waals surface area contributed by atoms with Crippen LogP contribution in [0.5, 0.6) is 5.88 Å². The van der Waals surface area contributed by atoms with E-state index in [1.165, 1.54) is 25.5 Å². The SMILES string of the molecule is Cn1c(Nc2cc(CNC(=O)C(C)(C)O)ccc2C(F)(F)F)nc2cc(C(=O)NC3CCC(C(F)(F)F)CC3)c(OCC(F)F)nc21. The lowest BCUT2D eigenvalue weighted by molar-refractivity contribution is -0.182. The molecule has 2 heterocycles. The summed E-state index contributed by atoms with van der Waals surface area (Å²) in [7, 11) is 1.36. The van der Waals surface area contributed by atoms with Crippen LogP contribution in [-0.4, -0.2) is 62.3 Å². The van der Waals surface area contributed by atoms with Crippen molar-refractivity contribution in [2.24, 2.45) is 13.0 Å². The Labute approximate surface area is 262 Å². The first-order valence-electron chi connectivity index (χ1n) is 14.4. The fourth-order valence-corrected chi connectivity index (χ4v) is 5.02. The molecule has 0 bridgehead atoms. The molecule has 18 heteroatoms. The molecule has 1 saturated carbocycles. The number of aliphatic hydroxyl groups is 1. The fraction of sp³-hybridized carbons (Fsp3) is 0.517. The Morgan fingerprint density at radius 3 is 2.28 bits per heavy atom. The number of carbonyl (C=O) groups is 2. The van der Waals surface area contributed by atoms with Crippen LogP contribution in [0.3, 0.4) is 0 Å². The summed E-state index contributed by atoms with van der Waals surface area (Å²) < 4.78 is 113. The number of ether oxygens (including phenoxy) is 1. The van der Waals surface area contributed by atoms with E-state index < -0.39 is 71.9 Å². The number of aryl methyl sites for hydroxylation is 1. The molecule has 1 aliphatic rings. The van der Waals surface area contributed by atoms with Gasteiger partial charge in [0.15, 0.2) is 12.3 Å². The Hall–Kier alpha value is -4.22. The molecule has 4 rings (SSSR count). The van der Waals surface area contributed by atoms with Crippen LogP contribution in [-0.2, 0) is 24.6 Å². The summed E-state index contributed by atoms with van der Waals surface area (Å²) in [5, 5.41) is 17.4. The minimum Gasteiger partial charge on any atom is -0.471 e. The van der Waals surface area contributed by atoms with Gasteiger partial charge in [0.25, 0.3) is 18.2 Å². The number of alkyl halides is 8. The van der Waals surface area contributed by atoms with Crippen LogP contribution in [0, 0.1) is 5.92 Å². The van der Waals surface area contributed by atoms with E-state index in [1.54, 1.807) is 0 Å². The standard InChI is InChI=1S/C29H32F8N6O4/c1-27(2,46)25(45)38-12-14-4-9-18(29(35,36)37)19(10-14)40-26-41-20-11-17(24(47-13-21(30)31)42-22(20)43(26)3)23(44)39-16-7-5-15(6-8-16)28(32,33)34/h4,9-11,15-16,21,46H,5-8,12-13H2,1-3H3,(H,38,45)(H,39,44)(H,40,41). The van der Waals surface area contributed by atoms with E-state index in [-0.39, 0.29) is 60.5 Å². The van der Waals surface area contributed by atoms with Crippen molar-refractivity contribution >= 4 is 34.6 Å². The topological polar surface area (TPSA) is 130 Å². The molecule has 10 nitrogen and oxygen atoms in total. The first kappa shape index (κ1) is 35.6. The number of aromatic nitrogens is 3. The van der Waals surface area contributed by atoms with Crippen LogP contribution in [0.4, 0.5) is 46.8 Å². The Kier molecular flexibility index (Phi) is 10.2. The minimum atomic E-state index is -4.82. The Balaban J connectivity index is 1.65. The van der Waals surface area contributed by atoms with Crippen molar-refractivity contribution < 1.29 is 54.6 Å². The fourth-order valence-electron chi connectivity index (χ4n) is 5.02. The molecule has 3 aromatic rings. The van der Waals surface area contributed by atoms with Gasteiger partial charge in [-0.1, -0.05) is 6.07 Å². The number of anilines is 2. The maximum Gasteiger partial charge on any atom is 0.418 e. The van der Waals surface area contributed by atoms with Crippen molar-refractivity contribution in [2.45, 2.75) is 76.5 Å². The third kappa shape index (κ3) is 8.78. The van der Waals surface area contributed by atoms with Gasteiger partial charge in [0, 0.05) is 19.6 Å². The van der Waals surface area contributed by atoms with Crippen LogP contribution < -0.4 is 20.7 Å². The van der Waals surface area contributed by atoms with Crippen LogP contribution >= 0.6 is 0 Å². The van der Waals surface area contributed by atoms with Gasteiger partial charge in [-0.3, -0.25) is 14.2 Å². The second kappa shape index (κ2) is 13.5. The lowest BCUT2D eigenvalue weighted by Gasteiger charge is -2.30. The highest BCUT2D eigenvalue weighted by Gasteiger charge is 2.42. The number of pyridine rings is 1. The summed E-state index contributed by atoms with van der Waals surface area (Å²) in [6.45, 7) is 1.11. The zero-order chi connectivity index (χ0) is 34.9. The molecule has 0 saturated heterocycles. The van der Waals surface area contributed by atoms with Crippen molar-refractivity contribution in [1.29, 1.82) is 0 Å². The van der Waals surface area contributed by atoms with Gasteiger partial charge in [0.05, 0.1) is 17.2 Å². The predicted molar refractivity (Wildman–Crippen MR) is 152 cm³/mol. The summed E-state index contributed by atoms with van der Waals surface area (Å²) in [5.41, 5.74) is -3.48. The van der Waals surface area contributed by atoms with Crippen molar-refractivity contribution in [1.82, 2.24) is 25.2 Å². The zero-order valence-electron chi connectivity index (χ0n) is 25.3. The number of hydrogen-bond donors (Lipinski definition) is 4. The summed E-state index contributed by atoms with van der Waals surface area (Å²) in [5.74, 6) is -3.85. The highest BCUT2D eigenvalue weighted by Crippen LogP contribution is 2.39. The maximum atomic E-state index is 13.9. The molecule has 1 aromatic carbocycles. The van der Waals surface area contributed by atoms with Gasteiger partial charge >= 0.3 is 12.4 Å². The van der Waals surface area contributed by atoms with Crippen molar-refractivity contribution in [3.8, 4) is 5.88 Å². The van der Waals surface area contributed by atoms with Crippen LogP contribution in [0.2, 0.25) is 0 Å². The van der Waals surface area contributed by atoms with Gasteiger partial charge in [0.2, 0.25) is 11.8 Å². The summed E-state index contributed by atoms with van der Waals surface area (Å²) in [4.78, 5) is 33.6. The van der Waals surface area contributed by atoms with E-state index in [0.717, 1.165) is 24.3 Å². The molecule has 47 heavy (non-hydrogen) atoms. The normalized spacial score (nSPS) is 17.6. The number of nitrogens with one attached hydrogen (secondary N) is 3. The van der Waals surface area contributed by atoms with Crippen molar-refractivity contribution in [3.63, 3.8) is 0 Å². The average molecular weight is 681 g/mol. The number of hydrogen-bond acceptors (Lipinski definition) is 7. The van der Waals surface area contributed by atoms with Crippen molar-refractivity contribution in [2.75, 3.05) is 11.9 Å². The largest absolute Gasteiger partial charge is 0.471 e. The summed E-state index contributed by atoms with van der Waals surface area (Å²) in [6.07, 6.45) is -12.5. The molecule has 0 radical (unpaired) electrons. The maximum absolute atomic E-state index is 13.9. The number of nitrogens with zero attached hydrogens (tertiary/aromatic N) is 3. The number of benzene rings is 1. The molecule has 0 spiro atoms. The van der Waals surface area contributed by atoms with E-state index in [0.29, 0.717) is 0 Å². The third-order valence-corrected chi connectivity index (χ3v) is 7.57. The molecule has 0 unspecified atom stereocenters. The molecule has 4 N–H and O–H groups in total. The molecule has 1 aliphatic carbocycles. The van der Waals surface area contributed by atoms with Crippen LogP contribution in [0.15, 0.2) is 24.3 Å². The molecule has 0 atom stereocenters. The van der Waals surface area contributed by atoms with Gasteiger partial charge in [-0.15, -0.1) is 0 Å². The second-order valence-electron chi connectivity index (χ2n) is 11.7. The van der Waals surface area contributed by atoms with E-state index in [9.17, 15) is 49.8 Å². The lowest BCUT2D eigenvalue weighted by atomic mass is 9.85. The zero-order valence-corrected chi connectivity index (χ0v) is 25.3.